The first-order valence-corrected chi connectivity index (χ1v) is 7.99. The van der Waals surface area contributed by atoms with E-state index >= 15 is 0 Å². The minimum Gasteiger partial charge on any atom is -0.394 e. The van der Waals surface area contributed by atoms with Gasteiger partial charge in [0.2, 0.25) is 11.8 Å². The largest absolute Gasteiger partial charge is 0.394 e. The van der Waals surface area contributed by atoms with E-state index in [0.29, 0.717) is 6.42 Å². The first-order valence-electron chi connectivity index (χ1n) is 7.99. The minimum atomic E-state index is -0.578. The SMILES string of the molecule is C=CC[C@@H](CC(=O)N[C@H](C)CO)C(=O)N[C@@H](CO)c1ccccc1. The van der Waals surface area contributed by atoms with Crippen LogP contribution in [0.1, 0.15) is 31.4 Å². The molecule has 0 aliphatic heterocycles. The number of aliphatic hydroxyl groups is 2. The van der Waals surface area contributed by atoms with Crippen molar-refractivity contribution in [3.05, 3.63) is 48.6 Å². The molecule has 0 bridgehead atoms. The van der Waals surface area contributed by atoms with Gasteiger partial charge in [0.05, 0.1) is 25.2 Å². The Morgan fingerprint density at radius 3 is 2.38 bits per heavy atom. The molecule has 0 fully saturated rings. The molecular weight excluding hydrogens is 308 g/mol. The van der Waals surface area contributed by atoms with Crippen LogP contribution in [0.4, 0.5) is 0 Å². The Labute approximate surface area is 142 Å². The van der Waals surface area contributed by atoms with Gasteiger partial charge in [-0.05, 0) is 18.9 Å². The summed E-state index contributed by atoms with van der Waals surface area (Å²) in [5, 5.41) is 23.9. The first-order chi connectivity index (χ1) is 11.5. The van der Waals surface area contributed by atoms with E-state index in [9.17, 15) is 14.7 Å². The van der Waals surface area contributed by atoms with Crippen LogP contribution in [0.5, 0.6) is 0 Å². The lowest BCUT2D eigenvalue weighted by Crippen LogP contribution is -2.40. The van der Waals surface area contributed by atoms with Gasteiger partial charge in [0.15, 0.2) is 0 Å². The fraction of sp³-hybridized carbons (Fsp3) is 0.444. The third kappa shape index (κ3) is 6.52. The van der Waals surface area contributed by atoms with Crippen molar-refractivity contribution < 1.29 is 19.8 Å². The monoisotopic (exact) mass is 334 g/mol. The van der Waals surface area contributed by atoms with E-state index in [1.165, 1.54) is 0 Å². The number of hydrogen-bond donors (Lipinski definition) is 4. The molecule has 0 aliphatic carbocycles. The van der Waals surface area contributed by atoms with Gasteiger partial charge in [-0.3, -0.25) is 9.59 Å². The summed E-state index contributed by atoms with van der Waals surface area (Å²) in [5.74, 6) is -1.20. The smallest absolute Gasteiger partial charge is 0.224 e. The Morgan fingerprint density at radius 2 is 1.83 bits per heavy atom. The van der Waals surface area contributed by atoms with E-state index in [-0.39, 0.29) is 37.5 Å². The Balaban J connectivity index is 2.71. The molecule has 1 rings (SSSR count). The maximum Gasteiger partial charge on any atom is 0.224 e. The number of carbonyl (C=O) groups excluding carboxylic acids is 2. The van der Waals surface area contributed by atoms with Crippen molar-refractivity contribution in [3.8, 4) is 0 Å². The summed E-state index contributed by atoms with van der Waals surface area (Å²) in [7, 11) is 0. The molecule has 6 nitrogen and oxygen atoms in total. The zero-order valence-electron chi connectivity index (χ0n) is 13.9. The van der Waals surface area contributed by atoms with Crippen molar-refractivity contribution in [2.45, 2.75) is 31.8 Å². The van der Waals surface area contributed by atoms with Crippen molar-refractivity contribution in [2.24, 2.45) is 5.92 Å². The average Bonchev–Trinajstić information content (AvgIpc) is 2.59. The van der Waals surface area contributed by atoms with Crippen LogP contribution >= 0.6 is 0 Å². The van der Waals surface area contributed by atoms with Crippen LogP contribution in [0.15, 0.2) is 43.0 Å². The van der Waals surface area contributed by atoms with E-state index in [0.717, 1.165) is 5.56 Å². The summed E-state index contributed by atoms with van der Waals surface area (Å²) < 4.78 is 0. The number of carbonyl (C=O) groups is 2. The van der Waals surface area contributed by atoms with Crippen molar-refractivity contribution in [1.29, 1.82) is 0 Å². The second kappa shape index (κ2) is 10.6. The van der Waals surface area contributed by atoms with Crippen LogP contribution < -0.4 is 10.6 Å². The molecular formula is C18H26N2O4. The van der Waals surface area contributed by atoms with Gasteiger partial charge in [-0.25, -0.2) is 0 Å². The maximum atomic E-state index is 12.5. The highest BCUT2D eigenvalue weighted by Gasteiger charge is 2.24. The van der Waals surface area contributed by atoms with Gasteiger partial charge < -0.3 is 20.8 Å². The molecule has 0 unspecified atom stereocenters. The molecule has 4 N–H and O–H groups in total. The highest BCUT2D eigenvalue weighted by molar-refractivity contribution is 5.86. The number of nitrogens with one attached hydrogen (secondary N) is 2. The third-order valence-corrected chi connectivity index (χ3v) is 3.64. The number of amides is 2. The Morgan fingerprint density at radius 1 is 1.17 bits per heavy atom. The van der Waals surface area contributed by atoms with Crippen LogP contribution in [0.25, 0.3) is 0 Å². The predicted molar refractivity (Wildman–Crippen MR) is 92.0 cm³/mol. The number of rotatable bonds is 10. The Bertz CT molecular complexity index is 533. The van der Waals surface area contributed by atoms with Crippen LogP contribution in [0.3, 0.4) is 0 Å². The number of benzene rings is 1. The summed E-state index contributed by atoms with van der Waals surface area (Å²) in [4.78, 5) is 24.4. The molecule has 0 spiro atoms. The lowest BCUT2D eigenvalue weighted by atomic mass is 9.98. The lowest BCUT2D eigenvalue weighted by molar-refractivity contribution is -0.131. The Hall–Kier alpha value is -2.18. The maximum absolute atomic E-state index is 12.5. The first kappa shape index (κ1) is 19.9. The molecule has 0 saturated heterocycles. The quantitative estimate of drug-likeness (QED) is 0.478. The zero-order valence-corrected chi connectivity index (χ0v) is 13.9. The highest BCUT2D eigenvalue weighted by atomic mass is 16.3. The van der Waals surface area contributed by atoms with E-state index < -0.39 is 12.0 Å². The molecule has 24 heavy (non-hydrogen) atoms. The summed E-state index contributed by atoms with van der Waals surface area (Å²) >= 11 is 0. The zero-order chi connectivity index (χ0) is 17.9. The molecule has 0 aromatic heterocycles. The van der Waals surface area contributed by atoms with Crippen molar-refractivity contribution in [2.75, 3.05) is 13.2 Å². The van der Waals surface area contributed by atoms with Crippen molar-refractivity contribution >= 4 is 11.8 Å². The average molecular weight is 334 g/mol. The molecule has 3 atom stereocenters. The highest BCUT2D eigenvalue weighted by Crippen LogP contribution is 2.16. The standard InChI is InChI=1S/C18H26N2O4/c1-3-7-15(10-17(23)19-13(2)11-21)18(24)20-16(12-22)14-8-5-4-6-9-14/h3-6,8-9,13,15-16,21-22H,1,7,10-12H2,2H3,(H,19,23)(H,20,24)/t13-,15+,16+/m1/s1. The van der Waals surface area contributed by atoms with Crippen LogP contribution in [0, 0.1) is 5.92 Å². The molecule has 0 saturated carbocycles. The molecule has 1 aromatic carbocycles. The molecule has 0 heterocycles. The second-order valence-corrected chi connectivity index (χ2v) is 5.73. The molecule has 0 aliphatic rings. The normalized spacial score (nSPS) is 14.3. The second-order valence-electron chi connectivity index (χ2n) is 5.73. The summed E-state index contributed by atoms with van der Waals surface area (Å²) in [6.07, 6.45) is 1.93. The number of allylic oxidation sites excluding steroid dienone is 1. The predicted octanol–water partition coefficient (Wildman–Crippen LogP) is 0.916. The van der Waals surface area contributed by atoms with Gasteiger partial charge in [-0.1, -0.05) is 36.4 Å². The van der Waals surface area contributed by atoms with Gasteiger partial charge in [0, 0.05) is 12.5 Å². The van der Waals surface area contributed by atoms with Gasteiger partial charge >= 0.3 is 0 Å². The summed E-state index contributed by atoms with van der Waals surface area (Å²) in [6, 6.07) is 8.26. The van der Waals surface area contributed by atoms with Gasteiger partial charge in [0.25, 0.3) is 0 Å². The Kier molecular flexibility index (Phi) is 8.75. The minimum absolute atomic E-state index is 0.00483. The number of hydrogen-bond acceptors (Lipinski definition) is 4. The van der Waals surface area contributed by atoms with Gasteiger partial charge in [0.1, 0.15) is 0 Å². The molecule has 1 aromatic rings. The molecule has 0 radical (unpaired) electrons. The summed E-state index contributed by atoms with van der Waals surface area (Å²) in [5.41, 5.74) is 0.795. The van der Waals surface area contributed by atoms with Crippen molar-refractivity contribution in [3.63, 3.8) is 0 Å². The summed E-state index contributed by atoms with van der Waals surface area (Å²) in [6.45, 7) is 4.91. The molecule has 2 amide bonds. The molecule has 6 heteroatoms. The fourth-order valence-corrected chi connectivity index (χ4v) is 2.30. The van der Waals surface area contributed by atoms with Crippen LogP contribution in [0.2, 0.25) is 0 Å². The third-order valence-electron chi connectivity index (χ3n) is 3.64. The fourth-order valence-electron chi connectivity index (χ4n) is 2.30. The van der Waals surface area contributed by atoms with E-state index in [1.54, 1.807) is 13.0 Å². The van der Waals surface area contributed by atoms with E-state index in [4.69, 9.17) is 5.11 Å². The van der Waals surface area contributed by atoms with Gasteiger partial charge in [-0.15, -0.1) is 6.58 Å². The number of aliphatic hydroxyl groups excluding tert-OH is 2. The van der Waals surface area contributed by atoms with Crippen molar-refractivity contribution in [1.82, 2.24) is 10.6 Å². The molecule has 132 valence electrons. The van der Waals surface area contributed by atoms with Gasteiger partial charge in [-0.2, -0.15) is 0 Å². The van der Waals surface area contributed by atoms with Crippen LogP contribution in [-0.4, -0.2) is 41.3 Å². The topological polar surface area (TPSA) is 98.7 Å². The lowest BCUT2D eigenvalue weighted by Gasteiger charge is -2.21. The van der Waals surface area contributed by atoms with Crippen LogP contribution in [-0.2, 0) is 9.59 Å². The van der Waals surface area contributed by atoms with E-state index in [1.807, 2.05) is 30.3 Å². The van der Waals surface area contributed by atoms with E-state index in [2.05, 4.69) is 17.2 Å².